The highest BCUT2D eigenvalue weighted by Gasteiger charge is 2.53. The molecular weight excluding hydrogens is 1680 g/mol. The third-order valence-corrected chi connectivity index (χ3v) is 25.6. The van der Waals surface area contributed by atoms with E-state index in [0.29, 0.717) is 152 Å². The maximum atomic E-state index is 14.0. The van der Waals surface area contributed by atoms with Crippen LogP contribution in [-0.4, -0.2) is 209 Å². The predicted octanol–water partition coefficient (Wildman–Crippen LogP) is 16.7. The van der Waals surface area contributed by atoms with E-state index in [1.807, 2.05) is 36.4 Å². The summed E-state index contributed by atoms with van der Waals surface area (Å²) in [5.74, 6) is -4.12. The molecule has 6 aromatic rings. The maximum Gasteiger partial charge on any atom is 0.416 e. The average molecular weight is 1770 g/mol. The van der Waals surface area contributed by atoms with Crippen LogP contribution in [0.5, 0.6) is 0 Å². The number of ether oxygens (including phenoxy) is 6. The number of unbranched alkanes of at least 4 members (excludes halogenated alkanes) is 2. The highest BCUT2D eigenvalue weighted by Crippen LogP contribution is 2.51. The zero-order valence-corrected chi connectivity index (χ0v) is 68.7. The van der Waals surface area contributed by atoms with Crippen LogP contribution in [0.4, 0.5) is 52.7 Å². The molecule has 2 spiro atoms. The lowest BCUT2D eigenvalue weighted by molar-refractivity contribution is -0.144. The van der Waals surface area contributed by atoms with Crippen molar-refractivity contribution in [1.29, 1.82) is 0 Å². The number of hydrogen-bond donors (Lipinski definition) is 0. The van der Waals surface area contributed by atoms with Crippen molar-refractivity contribution in [1.82, 2.24) is 29.4 Å². The number of alkyl halides is 12. The van der Waals surface area contributed by atoms with Crippen molar-refractivity contribution in [2.75, 3.05) is 132 Å². The van der Waals surface area contributed by atoms with Gasteiger partial charge >= 0.3 is 36.6 Å². The monoisotopic (exact) mass is 1770 g/mol. The van der Waals surface area contributed by atoms with Crippen molar-refractivity contribution in [3.8, 4) is 0 Å². The highest BCUT2D eigenvalue weighted by atomic mass is 35.5. The molecule has 0 radical (unpaired) electrons. The van der Waals surface area contributed by atoms with Gasteiger partial charge in [0.05, 0.1) is 94.1 Å². The molecular formula is C86H90Cl4F12N6O12. The van der Waals surface area contributed by atoms with Crippen molar-refractivity contribution < 1.29 is 110 Å². The number of nitrogens with zero attached hydrogens (tertiary/aromatic N) is 6. The van der Waals surface area contributed by atoms with Gasteiger partial charge in [0.2, 0.25) is 11.8 Å². The normalized spacial score (nSPS) is 20.8. The van der Waals surface area contributed by atoms with E-state index in [0.717, 1.165) is 34.4 Å². The van der Waals surface area contributed by atoms with Gasteiger partial charge in [-0.3, -0.25) is 19.2 Å². The third-order valence-electron chi connectivity index (χ3n) is 24.1. The second-order valence-electron chi connectivity index (χ2n) is 31.5. The largest absolute Gasteiger partial charge is 0.463 e. The highest BCUT2D eigenvalue weighted by molar-refractivity contribution is 6.42. The van der Waals surface area contributed by atoms with Crippen LogP contribution in [0.1, 0.15) is 141 Å². The van der Waals surface area contributed by atoms with Gasteiger partial charge in [-0.1, -0.05) is 107 Å². The first kappa shape index (κ1) is 91.2. The number of piperidine rings is 2. The van der Waals surface area contributed by atoms with Crippen LogP contribution in [0.3, 0.4) is 0 Å². The molecule has 4 heterocycles. The molecule has 4 atom stereocenters. The molecule has 0 bridgehead atoms. The van der Waals surface area contributed by atoms with Gasteiger partial charge < -0.3 is 57.8 Å². The first-order valence-corrected chi connectivity index (χ1v) is 41.0. The smallest absolute Gasteiger partial charge is 0.416 e. The maximum absolute atomic E-state index is 14.0. The number of carbonyl (C=O) groups excluding carboxylic acids is 6. The molecule has 0 aromatic heterocycles. The minimum Gasteiger partial charge on any atom is -0.463 e. The summed E-state index contributed by atoms with van der Waals surface area (Å²) < 4.78 is 204. The lowest BCUT2D eigenvalue weighted by Gasteiger charge is -2.46. The molecule has 648 valence electrons. The van der Waals surface area contributed by atoms with Crippen LogP contribution >= 0.6 is 46.4 Å². The Morgan fingerprint density at radius 3 is 1.15 bits per heavy atom. The Morgan fingerprint density at radius 1 is 0.458 bits per heavy atom. The lowest BCUT2D eigenvalue weighted by Crippen LogP contribution is -2.54. The second kappa shape index (κ2) is 38.0. The number of halogens is 16. The van der Waals surface area contributed by atoms with Crippen molar-refractivity contribution in [3.05, 3.63) is 220 Å². The summed E-state index contributed by atoms with van der Waals surface area (Å²) >= 11 is 25.7. The summed E-state index contributed by atoms with van der Waals surface area (Å²) in [6.45, 7) is 2.48. The molecule has 12 rings (SSSR count). The van der Waals surface area contributed by atoms with Gasteiger partial charge in [0, 0.05) is 87.5 Å². The fraction of sp³-hybridized carbons (Fsp3) is 0.488. The number of morpholine rings is 2. The molecule has 18 nitrogen and oxygen atoms in total. The molecule has 0 N–H and O–H groups in total. The van der Waals surface area contributed by atoms with Crippen LogP contribution in [-0.2, 0) is 107 Å². The van der Waals surface area contributed by atoms with Gasteiger partial charge in [-0.05, 0) is 197 Å². The van der Waals surface area contributed by atoms with E-state index in [-0.39, 0.29) is 135 Å². The number of likely N-dealkylation sites (N-methyl/N-ethyl adjacent to an activating group) is 2. The fourth-order valence-electron chi connectivity index (χ4n) is 17.4. The molecule has 0 unspecified atom stereocenters. The van der Waals surface area contributed by atoms with Gasteiger partial charge in [0.15, 0.2) is 0 Å². The third kappa shape index (κ3) is 21.4. The number of likely N-dealkylation sites (tertiary alicyclic amines) is 2. The number of hydrogen-bond acceptors (Lipinski definition) is 14. The van der Waals surface area contributed by atoms with Crippen molar-refractivity contribution in [3.63, 3.8) is 0 Å². The first-order valence-electron chi connectivity index (χ1n) is 39.5. The van der Waals surface area contributed by atoms with Crippen LogP contribution in [0.25, 0.3) is 0 Å². The molecule has 6 aliphatic rings. The number of fused-ring (bicyclic) bond motifs is 4. The Labute approximate surface area is 706 Å². The van der Waals surface area contributed by atoms with Gasteiger partial charge in [0.1, 0.15) is 24.4 Å². The van der Waals surface area contributed by atoms with Crippen LogP contribution in [0.15, 0.2) is 133 Å². The van der Waals surface area contributed by atoms with Crippen molar-refractivity contribution in [2.45, 2.75) is 136 Å². The van der Waals surface area contributed by atoms with Crippen molar-refractivity contribution >= 4 is 82.0 Å². The van der Waals surface area contributed by atoms with E-state index in [2.05, 4.69) is 21.9 Å². The van der Waals surface area contributed by atoms with E-state index in [1.165, 1.54) is 9.80 Å². The SMILES string of the molecule is CN(CCCCOC(=O)/C=C/C(=O)OCCCCN(C)C(=O)CO[C@H]1Cc2ccccc2C12CCN(CC[C@]1(c3ccc(Cl)c(Cl)c3)CN(C(=O)c3cc(C(F)(F)F)cc(C(F)(F)F)c3)CCO1)CC2)C(=O)CO[C@H]1Cc2ccccc2C12CCN(CC[C@]1(c3ccc(Cl)c(Cl)c3)CN(C(=O)c3cc(C(F)(F)F)cc(C(F)(F)F)c3)CCO1)CC2. The Hall–Kier alpha value is -8.04. The number of amides is 4. The minimum absolute atomic E-state index is 0.00711. The Kier molecular flexibility index (Phi) is 28.9. The molecule has 120 heavy (non-hydrogen) atoms. The van der Waals surface area contributed by atoms with Gasteiger partial charge in [-0.2, -0.15) is 52.7 Å². The number of carbonyl (C=O) groups is 6. The molecule has 6 aromatic carbocycles. The quantitative estimate of drug-likeness (QED) is 0.0196. The minimum atomic E-state index is -5.16. The van der Waals surface area contributed by atoms with E-state index in [1.54, 1.807) is 60.3 Å². The summed E-state index contributed by atoms with van der Waals surface area (Å²) in [5, 5.41) is 0.797. The van der Waals surface area contributed by atoms with Crippen LogP contribution in [0.2, 0.25) is 20.1 Å². The summed E-state index contributed by atoms with van der Waals surface area (Å²) in [7, 11) is 3.31. The van der Waals surface area contributed by atoms with Crippen LogP contribution in [0, 0.1) is 0 Å². The molecule has 4 fully saturated rings. The predicted molar refractivity (Wildman–Crippen MR) is 421 cm³/mol. The molecule has 4 saturated heterocycles. The van der Waals surface area contributed by atoms with E-state index in [4.69, 9.17) is 74.8 Å². The Morgan fingerprint density at radius 2 is 0.808 bits per heavy atom. The van der Waals surface area contributed by atoms with Gasteiger partial charge in [0.25, 0.3) is 11.8 Å². The molecule has 34 heteroatoms. The van der Waals surface area contributed by atoms with Crippen LogP contribution < -0.4 is 0 Å². The Balaban J connectivity index is 0.546. The molecule has 4 aliphatic heterocycles. The summed E-state index contributed by atoms with van der Waals surface area (Å²) in [4.78, 5) is 90.3. The van der Waals surface area contributed by atoms with Gasteiger partial charge in [-0.25, -0.2) is 9.59 Å². The second-order valence-corrected chi connectivity index (χ2v) is 33.1. The Bertz CT molecular complexity index is 4400. The number of rotatable bonds is 28. The first-order chi connectivity index (χ1) is 56.8. The topological polar surface area (TPSA) is 177 Å². The number of esters is 2. The lowest BCUT2D eigenvalue weighted by atomic mass is 9.72. The summed E-state index contributed by atoms with van der Waals surface area (Å²) in [6, 6.07) is 27.3. The molecule has 2 aliphatic carbocycles. The van der Waals surface area contributed by atoms with Crippen molar-refractivity contribution in [2.24, 2.45) is 0 Å². The standard InChI is InChI=1S/C86H90Cl4F12N6O12/c1-103(73(109)51-117-71-45-55-11-3-5-13-65(55)79(71)21-29-105(30-22-79)33-25-81(59-15-17-67(87)69(89)49-59)53-107(35-39-119-81)77(113)57-41-61(83(91,92)93)47-62(42-57)84(94,95)96)27-7-9-37-115-75(111)19-20-76(112)116-38-10-8-28-104(2)74(110)52-118-72-46-56-12-4-6-14-66(56)80(72)23-31-106(32-24-80)34-26-82(60-16-18-68(88)70(90)50-60)54-108(36-40-120-82)78(114)58-43-63(85(97,98)99)48-64(44-58)86(100,101)102/h3-6,11-20,41-44,47-50,71-72H,7-10,21-40,45-46,51-54H2,1-2H3/b20-19+/t71-,72-,81+,82+/m0/s1. The number of benzene rings is 6. The average Bonchev–Trinajstić information content (AvgIpc) is 1.58. The summed E-state index contributed by atoms with van der Waals surface area (Å²) in [6.07, 6.45) is -13.5. The molecule has 0 saturated carbocycles. The van der Waals surface area contributed by atoms with E-state index >= 15 is 0 Å². The van der Waals surface area contributed by atoms with Gasteiger partial charge in [-0.15, -0.1) is 0 Å². The zero-order chi connectivity index (χ0) is 86.3. The summed E-state index contributed by atoms with van der Waals surface area (Å²) in [5.41, 5.74) is -6.03. The van der Waals surface area contributed by atoms with E-state index in [9.17, 15) is 81.5 Å². The zero-order valence-electron chi connectivity index (χ0n) is 65.7. The van der Waals surface area contributed by atoms with E-state index < -0.39 is 104 Å². The fourth-order valence-corrected chi connectivity index (χ4v) is 18.0. The molecule has 4 amide bonds.